The second kappa shape index (κ2) is 5.98. The van der Waals surface area contributed by atoms with Crippen LogP contribution >= 0.6 is 11.3 Å². The van der Waals surface area contributed by atoms with Gasteiger partial charge in [0.15, 0.2) is 5.13 Å². The topological polar surface area (TPSA) is 34.1 Å². The first-order chi connectivity index (χ1) is 6.77. The predicted molar refractivity (Wildman–Crippen MR) is 61.2 cm³/mol. The van der Waals surface area contributed by atoms with Crippen LogP contribution in [0.3, 0.4) is 0 Å². The van der Waals surface area contributed by atoms with E-state index in [4.69, 9.17) is 4.74 Å². The van der Waals surface area contributed by atoms with Gasteiger partial charge in [-0.1, -0.05) is 13.8 Å². The molecule has 3 nitrogen and oxygen atoms in total. The molecule has 0 spiro atoms. The van der Waals surface area contributed by atoms with Crippen molar-refractivity contribution in [2.24, 2.45) is 0 Å². The molecular weight excluding hydrogens is 196 g/mol. The van der Waals surface area contributed by atoms with Crippen molar-refractivity contribution in [1.29, 1.82) is 0 Å². The molecule has 4 heteroatoms. The lowest BCUT2D eigenvalue weighted by Gasteiger charge is -2.03. The summed E-state index contributed by atoms with van der Waals surface area (Å²) in [5.74, 6) is 0.559. The first-order valence-electron chi connectivity index (χ1n) is 4.96. The highest BCUT2D eigenvalue weighted by molar-refractivity contribution is 7.13. The molecule has 1 N–H and O–H groups in total. The van der Waals surface area contributed by atoms with E-state index < -0.39 is 0 Å². The van der Waals surface area contributed by atoms with E-state index in [-0.39, 0.29) is 0 Å². The van der Waals surface area contributed by atoms with Gasteiger partial charge in [0.2, 0.25) is 0 Å². The van der Waals surface area contributed by atoms with Crippen LogP contribution in [-0.2, 0) is 4.74 Å². The highest BCUT2D eigenvalue weighted by atomic mass is 32.1. The standard InChI is InChI=1S/C10H18N2OS/c1-4-8(2)9-7-14-10(12-9)11-5-6-13-3/h7-8H,4-6H2,1-3H3,(H,11,12). The van der Waals surface area contributed by atoms with E-state index in [9.17, 15) is 0 Å². The van der Waals surface area contributed by atoms with Gasteiger partial charge in [0, 0.05) is 19.0 Å². The van der Waals surface area contributed by atoms with Gasteiger partial charge in [-0.2, -0.15) is 0 Å². The molecule has 1 rings (SSSR count). The maximum absolute atomic E-state index is 4.95. The van der Waals surface area contributed by atoms with Gasteiger partial charge in [-0.25, -0.2) is 4.98 Å². The number of aromatic nitrogens is 1. The Morgan fingerprint density at radius 2 is 2.43 bits per heavy atom. The van der Waals surface area contributed by atoms with Gasteiger partial charge in [-0.3, -0.25) is 0 Å². The van der Waals surface area contributed by atoms with Crippen LogP contribution in [0.25, 0.3) is 0 Å². The monoisotopic (exact) mass is 214 g/mol. The van der Waals surface area contributed by atoms with Gasteiger partial charge in [0.25, 0.3) is 0 Å². The number of methoxy groups -OCH3 is 1. The number of thiazole rings is 1. The largest absolute Gasteiger partial charge is 0.383 e. The lowest BCUT2D eigenvalue weighted by molar-refractivity contribution is 0.211. The van der Waals surface area contributed by atoms with E-state index in [1.54, 1.807) is 18.4 Å². The van der Waals surface area contributed by atoms with E-state index in [0.717, 1.165) is 24.7 Å². The van der Waals surface area contributed by atoms with Crippen LogP contribution in [0.4, 0.5) is 5.13 Å². The molecule has 0 aliphatic heterocycles. The van der Waals surface area contributed by atoms with Gasteiger partial charge < -0.3 is 10.1 Å². The Morgan fingerprint density at radius 3 is 3.07 bits per heavy atom. The summed E-state index contributed by atoms with van der Waals surface area (Å²) in [7, 11) is 1.70. The molecule has 1 aromatic rings. The third-order valence-corrected chi connectivity index (χ3v) is 3.04. The number of nitrogens with one attached hydrogen (secondary N) is 1. The summed E-state index contributed by atoms with van der Waals surface area (Å²) in [6.45, 7) is 5.93. The number of hydrogen-bond donors (Lipinski definition) is 1. The summed E-state index contributed by atoms with van der Waals surface area (Å²) in [4.78, 5) is 4.50. The van der Waals surface area contributed by atoms with E-state index >= 15 is 0 Å². The van der Waals surface area contributed by atoms with Gasteiger partial charge in [-0.15, -0.1) is 11.3 Å². The Hall–Kier alpha value is -0.610. The molecule has 1 aromatic heterocycles. The number of rotatable bonds is 6. The van der Waals surface area contributed by atoms with E-state index in [2.05, 4.69) is 29.5 Å². The first-order valence-corrected chi connectivity index (χ1v) is 5.84. The summed E-state index contributed by atoms with van der Waals surface area (Å²) in [6.07, 6.45) is 1.14. The molecule has 0 saturated heterocycles. The Kier molecular flexibility index (Phi) is 4.90. The summed E-state index contributed by atoms with van der Waals surface area (Å²) in [5, 5.41) is 6.35. The minimum Gasteiger partial charge on any atom is -0.383 e. The van der Waals surface area contributed by atoms with Crippen molar-refractivity contribution in [2.75, 3.05) is 25.6 Å². The van der Waals surface area contributed by atoms with E-state index in [1.807, 2.05) is 0 Å². The van der Waals surface area contributed by atoms with Gasteiger partial charge in [-0.05, 0) is 12.3 Å². The van der Waals surface area contributed by atoms with Crippen molar-refractivity contribution in [3.05, 3.63) is 11.1 Å². The second-order valence-corrected chi connectivity index (χ2v) is 4.16. The zero-order chi connectivity index (χ0) is 10.4. The molecule has 0 aliphatic rings. The Morgan fingerprint density at radius 1 is 1.64 bits per heavy atom. The molecule has 0 amide bonds. The van der Waals surface area contributed by atoms with Gasteiger partial charge >= 0.3 is 0 Å². The van der Waals surface area contributed by atoms with Crippen molar-refractivity contribution < 1.29 is 4.74 Å². The molecular formula is C10H18N2OS. The SMILES string of the molecule is CCC(C)c1csc(NCCOC)n1. The average molecular weight is 214 g/mol. The fourth-order valence-corrected chi connectivity index (χ4v) is 1.92. The molecule has 0 aliphatic carbocycles. The average Bonchev–Trinajstić information content (AvgIpc) is 2.66. The fourth-order valence-electron chi connectivity index (χ4n) is 1.06. The predicted octanol–water partition coefficient (Wildman–Crippen LogP) is 2.71. The Balaban J connectivity index is 2.42. The molecule has 0 saturated carbocycles. The van der Waals surface area contributed by atoms with Gasteiger partial charge in [0.05, 0.1) is 12.3 Å². The van der Waals surface area contributed by atoms with Crippen LogP contribution in [0.1, 0.15) is 31.9 Å². The molecule has 0 bridgehead atoms. The normalized spacial score (nSPS) is 12.8. The van der Waals surface area contributed by atoms with Crippen molar-refractivity contribution in [2.45, 2.75) is 26.2 Å². The first kappa shape index (κ1) is 11.5. The summed E-state index contributed by atoms with van der Waals surface area (Å²) >= 11 is 1.67. The molecule has 1 heterocycles. The van der Waals surface area contributed by atoms with Crippen molar-refractivity contribution in [1.82, 2.24) is 4.98 Å². The Labute approximate surface area is 89.5 Å². The molecule has 0 radical (unpaired) electrons. The number of nitrogens with zero attached hydrogens (tertiary/aromatic N) is 1. The Bertz CT molecular complexity index is 262. The highest BCUT2D eigenvalue weighted by Crippen LogP contribution is 2.23. The smallest absolute Gasteiger partial charge is 0.182 e. The maximum atomic E-state index is 4.95. The lowest BCUT2D eigenvalue weighted by atomic mass is 10.1. The number of ether oxygens (including phenoxy) is 1. The molecule has 0 fully saturated rings. The highest BCUT2D eigenvalue weighted by Gasteiger charge is 2.07. The minimum atomic E-state index is 0.559. The van der Waals surface area contributed by atoms with Crippen molar-refractivity contribution in [3.8, 4) is 0 Å². The fraction of sp³-hybridized carbons (Fsp3) is 0.700. The summed E-state index contributed by atoms with van der Waals surface area (Å²) < 4.78 is 4.95. The summed E-state index contributed by atoms with van der Waals surface area (Å²) in [5.41, 5.74) is 1.19. The third-order valence-electron chi connectivity index (χ3n) is 2.22. The van der Waals surface area contributed by atoms with Crippen LogP contribution < -0.4 is 5.32 Å². The zero-order valence-corrected chi connectivity index (χ0v) is 9.86. The van der Waals surface area contributed by atoms with Crippen molar-refractivity contribution in [3.63, 3.8) is 0 Å². The van der Waals surface area contributed by atoms with Crippen LogP contribution in [0.5, 0.6) is 0 Å². The molecule has 14 heavy (non-hydrogen) atoms. The molecule has 80 valence electrons. The lowest BCUT2D eigenvalue weighted by Crippen LogP contribution is -2.07. The van der Waals surface area contributed by atoms with E-state index in [1.165, 1.54) is 5.69 Å². The molecule has 1 unspecified atom stereocenters. The molecule has 1 atom stereocenters. The number of hydrogen-bond acceptors (Lipinski definition) is 4. The van der Waals surface area contributed by atoms with Crippen LogP contribution in [-0.4, -0.2) is 25.2 Å². The maximum Gasteiger partial charge on any atom is 0.182 e. The van der Waals surface area contributed by atoms with Crippen LogP contribution in [0.2, 0.25) is 0 Å². The zero-order valence-electron chi connectivity index (χ0n) is 9.04. The van der Waals surface area contributed by atoms with Crippen LogP contribution in [0, 0.1) is 0 Å². The molecule has 0 aromatic carbocycles. The third kappa shape index (κ3) is 3.27. The van der Waals surface area contributed by atoms with Gasteiger partial charge in [0.1, 0.15) is 0 Å². The van der Waals surface area contributed by atoms with Crippen molar-refractivity contribution >= 4 is 16.5 Å². The second-order valence-electron chi connectivity index (χ2n) is 3.31. The van der Waals surface area contributed by atoms with Crippen LogP contribution in [0.15, 0.2) is 5.38 Å². The van der Waals surface area contributed by atoms with E-state index in [0.29, 0.717) is 5.92 Å². The number of anilines is 1. The summed E-state index contributed by atoms with van der Waals surface area (Å²) in [6, 6.07) is 0. The quantitative estimate of drug-likeness (QED) is 0.739. The minimum absolute atomic E-state index is 0.559.